The Hall–Kier alpha value is -0.710. The van der Waals surface area contributed by atoms with Gasteiger partial charge in [0.2, 0.25) is 0 Å². The molecule has 1 rings (SSSR count). The van der Waals surface area contributed by atoms with Gasteiger partial charge in [-0.3, -0.25) is 0 Å². The van der Waals surface area contributed by atoms with Crippen LogP contribution in [0.4, 0.5) is 0 Å². The molecule has 4 heteroatoms. The number of hydrogen-bond acceptors (Lipinski definition) is 4. The summed E-state index contributed by atoms with van der Waals surface area (Å²) in [5, 5.41) is 28.4. The number of phenols is 1. The standard InChI is InChI=1S/C10H14O3S/c1-6-2-3-7(8(11)4-6)10(13)9(12)5-14/h2-4,9-14H,5H2,1H3. The zero-order valence-electron chi connectivity index (χ0n) is 7.88. The molecule has 0 saturated carbocycles. The number of aliphatic hydroxyl groups is 2. The van der Waals surface area contributed by atoms with Gasteiger partial charge in [0.15, 0.2) is 0 Å². The van der Waals surface area contributed by atoms with E-state index in [1.807, 2.05) is 6.92 Å². The van der Waals surface area contributed by atoms with Gasteiger partial charge in [0, 0.05) is 11.3 Å². The lowest BCUT2D eigenvalue weighted by Crippen LogP contribution is -2.19. The maximum absolute atomic E-state index is 9.60. The summed E-state index contributed by atoms with van der Waals surface area (Å²) >= 11 is 3.87. The lowest BCUT2D eigenvalue weighted by molar-refractivity contribution is 0.0323. The molecule has 3 N–H and O–H groups in total. The number of aryl methyl sites for hydroxylation is 1. The average Bonchev–Trinajstić information content (AvgIpc) is 2.15. The van der Waals surface area contributed by atoms with E-state index in [0.29, 0.717) is 5.56 Å². The van der Waals surface area contributed by atoms with Gasteiger partial charge < -0.3 is 15.3 Å². The van der Waals surface area contributed by atoms with Crippen molar-refractivity contribution in [1.29, 1.82) is 0 Å². The third kappa shape index (κ3) is 2.41. The minimum absolute atomic E-state index is 0.00154. The number of aromatic hydroxyl groups is 1. The predicted octanol–water partition coefficient (Wildman–Crippen LogP) is 1.02. The Morgan fingerprint density at radius 3 is 2.50 bits per heavy atom. The monoisotopic (exact) mass is 214 g/mol. The molecule has 2 unspecified atom stereocenters. The highest BCUT2D eigenvalue weighted by Crippen LogP contribution is 2.27. The molecule has 0 aliphatic rings. The van der Waals surface area contributed by atoms with Gasteiger partial charge >= 0.3 is 0 Å². The van der Waals surface area contributed by atoms with Crippen LogP contribution in [0.3, 0.4) is 0 Å². The molecule has 1 aromatic rings. The first-order chi connectivity index (χ1) is 6.56. The van der Waals surface area contributed by atoms with E-state index >= 15 is 0 Å². The number of thiol groups is 1. The summed E-state index contributed by atoms with van der Waals surface area (Å²) < 4.78 is 0. The molecule has 0 radical (unpaired) electrons. The molecule has 1 aromatic carbocycles. The lowest BCUT2D eigenvalue weighted by Gasteiger charge is -2.17. The Kier molecular flexibility index (Phi) is 3.80. The molecular weight excluding hydrogens is 200 g/mol. The predicted molar refractivity (Wildman–Crippen MR) is 57.7 cm³/mol. The quantitative estimate of drug-likeness (QED) is 0.568. The second kappa shape index (κ2) is 4.68. The largest absolute Gasteiger partial charge is 0.508 e. The highest BCUT2D eigenvalue weighted by Gasteiger charge is 2.19. The second-order valence-corrected chi connectivity index (χ2v) is 3.62. The average molecular weight is 214 g/mol. The van der Waals surface area contributed by atoms with Crippen LogP contribution >= 0.6 is 12.6 Å². The van der Waals surface area contributed by atoms with Crippen LogP contribution in [0, 0.1) is 6.92 Å². The topological polar surface area (TPSA) is 60.7 Å². The van der Waals surface area contributed by atoms with Crippen molar-refractivity contribution in [2.24, 2.45) is 0 Å². The molecule has 0 heterocycles. The van der Waals surface area contributed by atoms with Crippen LogP contribution in [0.25, 0.3) is 0 Å². The van der Waals surface area contributed by atoms with Crippen LogP contribution in [0.15, 0.2) is 18.2 Å². The zero-order valence-corrected chi connectivity index (χ0v) is 8.78. The smallest absolute Gasteiger partial charge is 0.121 e. The van der Waals surface area contributed by atoms with Gasteiger partial charge in [-0.25, -0.2) is 0 Å². The molecule has 0 aromatic heterocycles. The fraction of sp³-hybridized carbons (Fsp3) is 0.400. The Morgan fingerprint density at radius 1 is 1.36 bits per heavy atom. The zero-order chi connectivity index (χ0) is 10.7. The van der Waals surface area contributed by atoms with Gasteiger partial charge in [0.1, 0.15) is 11.9 Å². The number of benzene rings is 1. The van der Waals surface area contributed by atoms with E-state index in [1.54, 1.807) is 18.2 Å². The molecule has 14 heavy (non-hydrogen) atoms. The number of hydrogen-bond donors (Lipinski definition) is 4. The van der Waals surface area contributed by atoms with Crippen molar-refractivity contribution in [2.75, 3.05) is 5.75 Å². The summed E-state index contributed by atoms with van der Waals surface area (Å²) in [6, 6.07) is 4.91. The molecule has 0 spiro atoms. The fourth-order valence-electron chi connectivity index (χ4n) is 1.21. The molecule has 0 amide bonds. The van der Waals surface area contributed by atoms with Gasteiger partial charge in [-0.1, -0.05) is 12.1 Å². The number of rotatable bonds is 3. The Labute approximate surface area is 88.4 Å². The van der Waals surface area contributed by atoms with Gasteiger partial charge in [0.05, 0.1) is 6.10 Å². The fourth-order valence-corrected chi connectivity index (χ4v) is 1.41. The van der Waals surface area contributed by atoms with Crippen molar-refractivity contribution in [3.63, 3.8) is 0 Å². The summed E-state index contributed by atoms with van der Waals surface area (Å²) in [6.45, 7) is 1.84. The van der Waals surface area contributed by atoms with Crippen molar-refractivity contribution in [3.05, 3.63) is 29.3 Å². The van der Waals surface area contributed by atoms with Gasteiger partial charge in [-0.15, -0.1) is 0 Å². The van der Waals surface area contributed by atoms with E-state index in [0.717, 1.165) is 5.56 Å². The number of phenolic OH excluding ortho intramolecular Hbond substituents is 1. The summed E-state index contributed by atoms with van der Waals surface area (Å²) in [5.41, 5.74) is 1.23. The van der Waals surface area contributed by atoms with Crippen LogP contribution in [0.1, 0.15) is 17.2 Å². The summed E-state index contributed by atoms with van der Waals surface area (Å²) in [4.78, 5) is 0. The first-order valence-electron chi connectivity index (χ1n) is 4.32. The molecule has 0 bridgehead atoms. The summed E-state index contributed by atoms with van der Waals surface area (Å²) in [5.74, 6) is 0.146. The van der Waals surface area contributed by atoms with E-state index in [1.165, 1.54) is 0 Å². The normalized spacial score (nSPS) is 15.1. The van der Waals surface area contributed by atoms with Crippen LogP contribution in [0.2, 0.25) is 0 Å². The highest BCUT2D eigenvalue weighted by atomic mass is 32.1. The van der Waals surface area contributed by atoms with Gasteiger partial charge in [-0.2, -0.15) is 12.6 Å². The lowest BCUT2D eigenvalue weighted by atomic mass is 10.0. The Balaban J connectivity index is 2.95. The van der Waals surface area contributed by atoms with E-state index < -0.39 is 12.2 Å². The van der Waals surface area contributed by atoms with E-state index in [4.69, 9.17) is 0 Å². The first kappa shape index (κ1) is 11.4. The van der Waals surface area contributed by atoms with Crippen molar-refractivity contribution in [2.45, 2.75) is 19.1 Å². The molecule has 78 valence electrons. The molecule has 0 fully saturated rings. The summed E-state index contributed by atoms with van der Waals surface area (Å²) in [7, 11) is 0. The van der Waals surface area contributed by atoms with E-state index in [-0.39, 0.29) is 11.5 Å². The summed E-state index contributed by atoms with van der Waals surface area (Å²) in [6.07, 6.45) is -2.06. The SMILES string of the molecule is Cc1ccc(C(O)C(O)CS)c(O)c1. The molecule has 0 aliphatic carbocycles. The molecular formula is C10H14O3S. The third-order valence-corrected chi connectivity index (χ3v) is 2.43. The highest BCUT2D eigenvalue weighted by molar-refractivity contribution is 7.80. The van der Waals surface area contributed by atoms with Crippen LogP contribution < -0.4 is 0 Å². The maximum Gasteiger partial charge on any atom is 0.121 e. The maximum atomic E-state index is 9.60. The minimum Gasteiger partial charge on any atom is -0.508 e. The minimum atomic E-state index is -1.09. The molecule has 0 saturated heterocycles. The Bertz CT molecular complexity index is 314. The number of aliphatic hydroxyl groups excluding tert-OH is 2. The van der Waals surface area contributed by atoms with Crippen LogP contribution in [-0.4, -0.2) is 27.2 Å². The Morgan fingerprint density at radius 2 is 2.00 bits per heavy atom. The third-order valence-electron chi connectivity index (χ3n) is 2.06. The molecule has 2 atom stereocenters. The van der Waals surface area contributed by atoms with Crippen molar-refractivity contribution < 1.29 is 15.3 Å². The van der Waals surface area contributed by atoms with Gasteiger partial charge in [-0.05, 0) is 18.6 Å². The van der Waals surface area contributed by atoms with Crippen molar-refractivity contribution in [3.8, 4) is 5.75 Å². The van der Waals surface area contributed by atoms with Crippen LogP contribution in [-0.2, 0) is 0 Å². The second-order valence-electron chi connectivity index (χ2n) is 3.26. The molecule has 3 nitrogen and oxygen atoms in total. The first-order valence-corrected chi connectivity index (χ1v) is 4.96. The van der Waals surface area contributed by atoms with Crippen molar-refractivity contribution in [1.82, 2.24) is 0 Å². The van der Waals surface area contributed by atoms with E-state index in [2.05, 4.69) is 12.6 Å². The van der Waals surface area contributed by atoms with Gasteiger partial charge in [0.25, 0.3) is 0 Å². The van der Waals surface area contributed by atoms with Crippen molar-refractivity contribution >= 4 is 12.6 Å². The molecule has 0 aliphatic heterocycles. The van der Waals surface area contributed by atoms with E-state index in [9.17, 15) is 15.3 Å². The van der Waals surface area contributed by atoms with Crippen LogP contribution in [0.5, 0.6) is 5.75 Å².